The van der Waals surface area contributed by atoms with Crippen molar-refractivity contribution in [1.82, 2.24) is 4.90 Å². The summed E-state index contributed by atoms with van der Waals surface area (Å²) < 4.78 is 24.4. The lowest BCUT2D eigenvalue weighted by Crippen LogP contribution is -2.42. The molecular weight excluding hydrogens is 306 g/mol. The minimum absolute atomic E-state index is 0.0576. The van der Waals surface area contributed by atoms with Crippen LogP contribution in [-0.2, 0) is 9.84 Å². The molecule has 22 heavy (non-hydrogen) atoms. The molecule has 2 rings (SSSR count). The highest BCUT2D eigenvalue weighted by Gasteiger charge is 2.38. The Hall–Kier alpha value is -1.73. The number of imide groups is 1. The predicted octanol–water partition coefficient (Wildman–Crippen LogP) is 0.858. The normalized spacial score (nSPS) is 16.0. The molecule has 0 spiro atoms. The molecule has 0 fully saturated rings. The van der Waals surface area contributed by atoms with Crippen molar-refractivity contribution in [3.63, 3.8) is 0 Å². The minimum atomic E-state index is -3.55. The van der Waals surface area contributed by atoms with Crippen molar-refractivity contribution in [3.8, 4) is 0 Å². The standard InChI is InChI=1S/C15H19NO5S/c1-2-3-8-22(20,21)11(10-17)9-16-14(18)12-6-4-5-7-13(12)15(16)19/h4-7,11,17H,2-3,8-10H2,1H3. The summed E-state index contributed by atoms with van der Waals surface area (Å²) in [5.41, 5.74) is 0.547. The average Bonchev–Trinajstić information content (AvgIpc) is 2.75. The number of rotatable bonds is 7. The van der Waals surface area contributed by atoms with Crippen LogP contribution in [-0.4, -0.2) is 54.4 Å². The molecule has 0 saturated heterocycles. The number of amides is 2. The molecule has 1 aliphatic rings. The van der Waals surface area contributed by atoms with Gasteiger partial charge in [0.2, 0.25) is 0 Å². The van der Waals surface area contributed by atoms with Gasteiger partial charge >= 0.3 is 0 Å². The van der Waals surface area contributed by atoms with Gasteiger partial charge in [0.15, 0.2) is 9.84 Å². The lowest BCUT2D eigenvalue weighted by molar-refractivity contribution is 0.0647. The van der Waals surface area contributed by atoms with E-state index < -0.39 is 33.5 Å². The molecule has 1 N–H and O–H groups in total. The molecule has 2 amide bonds. The Morgan fingerprint density at radius 3 is 2.14 bits per heavy atom. The minimum Gasteiger partial charge on any atom is -0.395 e. The lowest BCUT2D eigenvalue weighted by atomic mass is 10.1. The van der Waals surface area contributed by atoms with Gasteiger partial charge in [0.25, 0.3) is 11.8 Å². The maximum atomic E-state index is 12.2. The number of carbonyl (C=O) groups excluding carboxylic acids is 2. The first kappa shape index (κ1) is 16.6. The summed E-state index contributed by atoms with van der Waals surface area (Å²) in [5.74, 6) is -1.08. The van der Waals surface area contributed by atoms with Gasteiger partial charge in [0, 0.05) is 6.54 Å². The van der Waals surface area contributed by atoms with E-state index in [4.69, 9.17) is 0 Å². The van der Waals surface area contributed by atoms with Gasteiger partial charge in [0.1, 0.15) is 5.25 Å². The number of nitrogens with zero attached hydrogens (tertiary/aromatic N) is 1. The summed E-state index contributed by atoms with van der Waals surface area (Å²) in [5, 5.41) is 8.24. The number of hydrogen-bond donors (Lipinski definition) is 1. The summed E-state index contributed by atoms with van der Waals surface area (Å²) in [7, 11) is -3.55. The number of sulfone groups is 1. The van der Waals surface area contributed by atoms with Gasteiger partial charge in [-0.3, -0.25) is 14.5 Å². The lowest BCUT2D eigenvalue weighted by Gasteiger charge is -2.21. The monoisotopic (exact) mass is 325 g/mol. The molecule has 0 aromatic heterocycles. The fourth-order valence-electron chi connectivity index (χ4n) is 2.41. The Balaban J connectivity index is 2.20. The molecule has 120 valence electrons. The summed E-state index contributed by atoms with van der Waals surface area (Å²) in [6, 6.07) is 6.37. The molecule has 0 radical (unpaired) electrons. The Kier molecular flexibility index (Phi) is 4.97. The topological polar surface area (TPSA) is 91.8 Å². The van der Waals surface area contributed by atoms with Gasteiger partial charge in [-0.2, -0.15) is 0 Å². The largest absolute Gasteiger partial charge is 0.395 e. The van der Waals surface area contributed by atoms with E-state index >= 15 is 0 Å². The van der Waals surface area contributed by atoms with Gasteiger partial charge in [0.05, 0.1) is 23.5 Å². The number of unbranched alkanes of at least 4 members (excludes halogenated alkanes) is 1. The van der Waals surface area contributed by atoms with Crippen molar-refractivity contribution in [2.75, 3.05) is 18.9 Å². The Morgan fingerprint density at radius 2 is 1.68 bits per heavy atom. The maximum absolute atomic E-state index is 12.2. The predicted molar refractivity (Wildman–Crippen MR) is 81.4 cm³/mol. The zero-order chi connectivity index (χ0) is 16.3. The second-order valence-corrected chi connectivity index (χ2v) is 7.69. The molecule has 1 unspecified atom stereocenters. The molecule has 6 nitrogen and oxygen atoms in total. The van der Waals surface area contributed by atoms with E-state index in [0.717, 1.165) is 4.90 Å². The highest BCUT2D eigenvalue weighted by atomic mass is 32.2. The molecular formula is C15H19NO5S. The van der Waals surface area contributed by atoms with Crippen LogP contribution in [0.2, 0.25) is 0 Å². The van der Waals surface area contributed by atoms with Crippen molar-refractivity contribution in [1.29, 1.82) is 0 Å². The zero-order valence-electron chi connectivity index (χ0n) is 12.4. The molecule has 0 bridgehead atoms. The Labute approximate surface area is 129 Å². The van der Waals surface area contributed by atoms with Crippen LogP contribution >= 0.6 is 0 Å². The fourth-order valence-corrected chi connectivity index (χ4v) is 4.03. The van der Waals surface area contributed by atoms with E-state index in [1.807, 2.05) is 6.92 Å². The zero-order valence-corrected chi connectivity index (χ0v) is 13.2. The number of aliphatic hydroxyl groups excluding tert-OH is 1. The van der Waals surface area contributed by atoms with E-state index in [-0.39, 0.29) is 23.4 Å². The van der Waals surface area contributed by atoms with Gasteiger partial charge < -0.3 is 5.11 Å². The van der Waals surface area contributed by atoms with Gasteiger partial charge in [-0.1, -0.05) is 25.5 Å². The second kappa shape index (κ2) is 6.58. The van der Waals surface area contributed by atoms with Crippen LogP contribution in [0.25, 0.3) is 0 Å². The number of fused-ring (bicyclic) bond motifs is 1. The average molecular weight is 325 g/mol. The fraction of sp³-hybridized carbons (Fsp3) is 0.467. The molecule has 1 aromatic rings. The number of carbonyl (C=O) groups is 2. The number of benzene rings is 1. The van der Waals surface area contributed by atoms with Crippen molar-refractivity contribution < 1.29 is 23.1 Å². The summed E-state index contributed by atoms with van der Waals surface area (Å²) in [6.07, 6.45) is 1.20. The van der Waals surface area contributed by atoms with Crippen LogP contribution in [0.15, 0.2) is 24.3 Å². The third-order valence-corrected chi connectivity index (χ3v) is 5.93. The first-order chi connectivity index (χ1) is 10.4. The van der Waals surface area contributed by atoms with E-state index in [0.29, 0.717) is 12.8 Å². The van der Waals surface area contributed by atoms with Crippen molar-refractivity contribution in [2.45, 2.75) is 25.0 Å². The van der Waals surface area contributed by atoms with Crippen LogP contribution in [0.1, 0.15) is 40.5 Å². The molecule has 1 aliphatic heterocycles. The maximum Gasteiger partial charge on any atom is 0.261 e. The molecule has 1 aromatic carbocycles. The van der Waals surface area contributed by atoms with E-state index in [1.54, 1.807) is 12.1 Å². The van der Waals surface area contributed by atoms with E-state index in [9.17, 15) is 23.1 Å². The van der Waals surface area contributed by atoms with Crippen molar-refractivity contribution >= 4 is 21.7 Å². The summed E-state index contributed by atoms with van der Waals surface area (Å²) in [4.78, 5) is 25.4. The SMILES string of the molecule is CCCCS(=O)(=O)C(CO)CN1C(=O)c2ccccc2C1=O. The molecule has 0 saturated carbocycles. The molecule has 0 aliphatic carbocycles. The smallest absolute Gasteiger partial charge is 0.261 e. The van der Waals surface area contributed by atoms with Crippen LogP contribution in [0.5, 0.6) is 0 Å². The molecule has 1 heterocycles. The first-order valence-corrected chi connectivity index (χ1v) is 8.91. The third-order valence-electron chi connectivity index (χ3n) is 3.76. The van der Waals surface area contributed by atoms with Crippen LogP contribution in [0.4, 0.5) is 0 Å². The van der Waals surface area contributed by atoms with E-state index in [2.05, 4.69) is 0 Å². The highest BCUT2D eigenvalue weighted by molar-refractivity contribution is 7.92. The van der Waals surface area contributed by atoms with Crippen LogP contribution in [0.3, 0.4) is 0 Å². The molecule has 7 heteroatoms. The highest BCUT2D eigenvalue weighted by Crippen LogP contribution is 2.23. The number of aliphatic hydroxyl groups is 1. The third kappa shape index (κ3) is 3.05. The second-order valence-electron chi connectivity index (χ2n) is 5.29. The van der Waals surface area contributed by atoms with Crippen molar-refractivity contribution in [3.05, 3.63) is 35.4 Å². The van der Waals surface area contributed by atoms with Crippen LogP contribution < -0.4 is 0 Å². The quantitative estimate of drug-likeness (QED) is 0.751. The van der Waals surface area contributed by atoms with E-state index in [1.165, 1.54) is 12.1 Å². The summed E-state index contributed by atoms with van der Waals surface area (Å²) in [6.45, 7) is 0.946. The Bertz CT molecular complexity index is 648. The van der Waals surface area contributed by atoms with Crippen LogP contribution in [0, 0.1) is 0 Å². The first-order valence-electron chi connectivity index (χ1n) is 7.20. The van der Waals surface area contributed by atoms with Gasteiger partial charge in [-0.05, 0) is 18.6 Å². The van der Waals surface area contributed by atoms with Gasteiger partial charge in [-0.15, -0.1) is 0 Å². The Morgan fingerprint density at radius 1 is 1.14 bits per heavy atom. The number of hydrogen-bond acceptors (Lipinski definition) is 5. The summed E-state index contributed by atoms with van der Waals surface area (Å²) >= 11 is 0. The van der Waals surface area contributed by atoms with Crippen molar-refractivity contribution in [2.24, 2.45) is 0 Å². The molecule has 1 atom stereocenters. The van der Waals surface area contributed by atoms with Gasteiger partial charge in [-0.25, -0.2) is 8.42 Å².